The lowest BCUT2D eigenvalue weighted by molar-refractivity contribution is -0.0487. The molecule has 0 amide bonds. The Morgan fingerprint density at radius 2 is 1.67 bits per heavy atom. The molecule has 1 aromatic rings. The molecule has 6 heteroatoms. The van der Waals surface area contributed by atoms with E-state index in [1.165, 1.54) is 50.7 Å². The van der Waals surface area contributed by atoms with Gasteiger partial charge in [-0.3, -0.25) is 4.90 Å². The highest BCUT2D eigenvalue weighted by Crippen LogP contribution is 2.44. The highest BCUT2D eigenvalue weighted by atomic mass is 19.1. The molecule has 2 aliphatic heterocycles. The van der Waals surface area contributed by atoms with Gasteiger partial charge in [0, 0.05) is 37.3 Å². The Kier molecular flexibility index (Phi) is 5.67. The summed E-state index contributed by atoms with van der Waals surface area (Å²) in [6.45, 7) is 3.72. The molecule has 3 aliphatic rings. The van der Waals surface area contributed by atoms with Crippen LogP contribution in [-0.2, 0) is 0 Å². The molecule has 3 fully saturated rings. The molecule has 2 atom stereocenters. The Balaban J connectivity index is 1.30. The minimum absolute atomic E-state index is 0.149. The Bertz CT molecular complexity index is 621. The van der Waals surface area contributed by atoms with Crippen LogP contribution < -0.4 is 10.1 Å². The number of β-amino-alcohol motifs (C(OH)–C–C–N with tert-alkyl or cyclic N) is 1. The number of aliphatic hydroxyl groups excluding tert-OH is 1. The molecule has 1 aromatic carbocycles. The van der Waals surface area contributed by atoms with Gasteiger partial charge in [-0.25, -0.2) is 8.78 Å². The number of piperidine rings is 2. The van der Waals surface area contributed by atoms with E-state index in [0.29, 0.717) is 24.4 Å². The van der Waals surface area contributed by atoms with Gasteiger partial charge in [-0.05, 0) is 63.5 Å². The van der Waals surface area contributed by atoms with Crippen LogP contribution in [0.25, 0.3) is 0 Å². The van der Waals surface area contributed by atoms with Crippen LogP contribution in [0.4, 0.5) is 8.78 Å². The van der Waals surface area contributed by atoms with Crippen molar-refractivity contribution in [3.63, 3.8) is 0 Å². The maximum absolute atomic E-state index is 13.3. The van der Waals surface area contributed by atoms with Crippen molar-refractivity contribution in [1.29, 1.82) is 0 Å². The summed E-state index contributed by atoms with van der Waals surface area (Å²) in [6.07, 6.45) is 7.18. The number of hydrogen-bond acceptors (Lipinski definition) is 4. The second-order valence-corrected chi connectivity index (χ2v) is 8.59. The molecule has 2 saturated heterocycles. The van der Waals surface area contributed by atoms with E-state index in [-0.39, 0.29) is 5.75 Å². The first-order chi connectivity index (χ1) is 13.0. The number of nitrogens with zero attached hydrogens (tertiary/aromatic N) is 1. The molecule has 0 radical (unpaired) electrons. The van der Waals surface area contributed by atoms with Crippen LogP contribution in [-0.4, -0.2) is 54.4 Å². The molecule has 0 bridgehead atoms. The van der Waals surface area contributed by atoms with Gasteiger partial charge in [-0.1, -0.05) is 0 Å². The molecular weight excluding hydrogens is 350 g/mol. The molecule has 150 valence electrons. The standard InChI is InChI=1S/C21H30F2N2O2/c22-15-11-16(23)13-18(12-15)27-20-3-10-25(14-19(20)26)17-1-4-21(5-2-17)6-8-24-9-7-21/h11-13,17,19-20,24,26H,1-10,14H2/t19-,20-/m1/s1. The lowest BCUT2D eigenvalue weighted by Gasteiger charge is -2.47. The molecule has 1 aliphatic carbocycles. The quantitative estimate of drug-likeness (QED) is 0.846. The minimum atomic E-state index is -0.661. The topological polar surface area (TPSA) is 44.7 Å². The summed E-state index contributed by atoms with van der Waals surface area (Å²) >= 11 is 0. The summed E-state index contributed by atoms with van der Waals surface area (Å²) in [5, 5.41) is 14.0. The lowest BCUT2D eigenvalue weighted by Crippen LogP contribution is -2.54. The minimum Gasteiger partial charge on any atom is -0.487 e. The van der Waals surface area contributed by atoms with Crippen LogP contribution in [0.5, 0.6) is 5.75 Å². The maximum Gasteiger partial charge on any atom is 0.129 e. The molecule has 2 N–H and O–H groups in total. The van der Waals surface area contributed by atoms with E-state index in [2.05, 4.69) is 10.2 Å². The molecule has 4 nitrogen and oxygen atoms in total. The number of halogens is 2. The normalized spacial score (nSPS) is 29.7. The highest BCUT2D eigenvalue weighted by molar-refractivity contribution is 5.24. The molecular formula is C21H30F2N2O2. The molecule has 27 heavy (non-hydrogen) atoms. The smallest absolute Gasteiger partial charge is 0.129 e. The highest BCUT2D eigenvalue weighted by Gasteiger charge is 2.40. The van der Waals surface area contributed by atoms with Gasteiger partial charge >= 0.3 is 0 Å². The number of benzene rings is 1. The third-order valence-corrected chi connectivity index (χ3v) is 6.87. The number of likely N-dealkylation sites (tertiary alicyclic amines) is 1. The van der Waals surface area contributed by atoms with Gasteiger partial charge in [-0.15, -0.1) is 0 Å². The fourth-order valence-corrected chi connectivity index (χ4v) is 5.21. The van der Waals surface area contributed by atoms with Gasteiger partial charge in [0.2, 0.25) is 0 Å². The molecule has 0 aromatic heterocycles. The molecule has 0 unspecified atom stereocenters. The van der Waals surface area contributed by atoms with E-state index < -0.39 is 23.8 Å². The number of rotatable bonds is 3. The zero-order chi connectivity index (χ0) is 18.9. The number of hydrogen-bond donors (Lipinski definition) is 2. The summed E-state index contributed by atoms with van der Waals surface area (Å²) < 4.78 is 32.4. The van der Waals surface area contributed by atoms with Gasteiger partial charge in [0.1, 0.15) is 29.6 Å². The van der Waals surface area contributed by atoms with Crippen molar-refractivity contribution in [2.24, 2.45) is 5.41 Å². The van der Waals surface area contributed by atoms with E-state index in [1.54, 1.807) is 0 Å². The number of nitrogens with one attached hydrogen (secondary N) is 1. The Morgan fingerprint density at radius 3 is 2.30 bits per heavy atom. The van der Waals surface area contributed by atoms with E-state index in [4.69, 9.17) is 4.74 Å². The van der Waals surface area contributed by atoms with Gasteiger partial charge in [0.25, 0.3) is 0 Å². The summed E-state index contributed by atoms with van der Waals surface area (Å²) in [4.78, 5) is 2.39. The first kappa shape index (κ1) is 19.1. The van der Waals surface area contributed by atoms with E-state index in [1.807, 2.05) is 0 Å². The Labute approximate surface area is 159 Å². The van der Waals surface area contributed by atoms with Crippen LogP contribution in [0, 0.1) is 17.0 Å². The van der Waals surface area contributed by atoms with Gasteiger partial charge in [-0.2, -0.15) is 0 Å². The number of aliphatic hydroxyl groups is 1. The molecule has 2 heterocycles. The summed E-state index contributed by atoms with van der Waals surface area (Å²) in [6, 6.07) is 3.70. The molecule has 1 saturated carbocycles. The molecule has 1 spiro atoms. The lowest BCUT2D eigenvalue weighted by atomic mass is 9.67. The summed E-state index contributed by atoms with van der Waals surface area (Å²) in [5.74, 6) is -1.17. The van der Waals surface area contributed by atoms with Crippen LogP contribution in [0.2, 0.25) is 0 Å². The van der Waals surface area contributed by atoms with Crippen molar-refractivity contribution in [2.75, 3.05) is 26.2 Å². The van der Waals surface area contributed by atoms with Gasteiger partial charge in [0.15, 0.2) is 0 Å². The van der Waals surface area contributed by atoms with E-state index in [0.717, 1.165) is 25.7 Å². The van der Waals surface area contributed by atoms with E-state index in [9.17, 15) is 13.9 Å². The fraction of sp³-hybridized carbons (Fsp3) is 0.714. The van der Waals surface area contributed by atoms with Crippen LogP contribution in [0.15, 0.2) is 18.2 Å². The first-order valence-corrected chi connectivity index (χ1v) is 10.3. The predicted molar refractivity (Wildman–Crippen MR) is 99.8 cm³/mol. The predicted octanol–water partition coefficient (Wildman–Crippen LogP) is 3.09. The van der Waals surface area contributed by atoms with Crippen molar-refractivity contribution < 1.29 is 18.6 Å². The van der Waals surface area contributed by atoms with Gasteiger partial charge < -0.3 is 15.2 Å². The van der Waals surface area contributed by atoms with Crippen molar-refractivity contribution in [3.8, 4) is 5.75 Å². The van der Waals surface area contributed by atoms with Gasteiger partial charge in [0.05, 0.1) is 0 Å². The summed E-state index contributed by atoms with van der Waals surface area (Å²) in [7, 11) is 0. The summed E-state index contributed by atoms with van der Waals surface area (Å²) in [5.41, 5.74) is 0.545. The van der Waals surface area contributed by atoms with Crippen LogP contribution in [0.3, 0.4) is 0 Å². The van der Waals surface area contributed by atoms with Crippen LogP contribution >= 0.6 is 0 Å². The first-order valence-electron chi connectivity index (χ1n) is 10.3. The average molecular weight is 380 g/mol. The Hall–Kier alpha value is -1.24. The van der Waals surface area contributed by atoms with Crippen molar-refractivity contribution >= 4 is 0 Å². The second-order valence-electron chi connectivity index (χ2n) is 8.59. The third-order valence-electron chi connectivity index (χ3n) is 6.87. The maximum atomic E-state index is 13.3. The van der Waals surface area contributed by atoms with Crippen LogP contribution in [0.1, 0.15) is 44.9 Å². The Morgan fingerprint density at radius 1 is 1.00 bits per heavy atom. The number of ether oxygens (including phenoxy) is 1. The van der Waals surface area contributed by atoms with E-state index >= 15 is 0 Å². The largest absolute Gasteiger partial charge is 0.487 e. The zero-order valence-corrected chi connectivity index (χ0v) is 15.8. The van der Waals surface area contributed by atoms with Crippen molar-refractivity contribution in [3.05, 3.63) is 29.8 Å². The second kappa shape index (κ2) is 8.02. The zero-order valence-electron chi connectivity index (χ0n) is 15.8. The van der Waals surface area contributed by atoms with Crippen molar-refractivity contribution in [2.45, 2.75) is 63.2 Å². The SMILES string of the molecule is O[C@@H]1CN(C2CCC3(CCNCC3)CC2)CC[C@H]1Oc1cc(F)cc(F)c1. The molecule has 4 rings (SSSR count). The third kappa shape index (κ3) is 4.44. The fourth-order valence-electron chi connectivity index (χ4n) is 5.21. The monoisotopic (exact) mass is 380 g/mol. The average Bonchev–Trinajstić information content (AvgIpc) is 2.64. The van der Waals surface area contributed by atoms with Crippen molar-refractivity contribution in [1.82, 2.24) is 10.2 Å².